The second kappa shape index (κ2) is 10.5. The molecule has 0 atom stereocenters. The molecule has 1 amide bonds. The molecule has 0 heterocycles. The third-order valence-corrected chi connectivity index (χ3v) is 7.24. The monoisotopic (exact) mass is 480 g/mol. The Bertz CT molecular complexity index is 1250. The van der Waals surface area contributed by atoms with Crippen LogP contribution in [0.1, 0.15) is 27.0 Å². The van der Waals surface area contributed by atoms with Crippen LogP contribution in [0, 0.1) is 13.8 Å². The van der Waals surface area contributed by atoms with Gasteiger partial charge in [-0.05, 0) is 55.8 Å². The molecule has 0 aromatic heterocycles. The van der Waals surface area contributed by atoms with Crippen LogP contribution in [0.4, 0.5) is 5.69 Å². The van der Waals surface area contributed by atoms with Crippen LogP contribution in [0.25, 0.3) is 0 Å². The van der Waals surface area contributed by atoms with E-state index in [-0.39, 0.29) is 23.0 Å². The topological polar surface area (TPSA) is 84.0 Å². The van der Waals surface area contributed by atoms with Crippen molar-refractivity contribution < 1.29 is 22.7 Å². The Labute approximate surface area is 200 Å². The third-order valence-electron chi connectivity index (χ3n) is 5.44. The van der Waals surface area contributed by atoms with E-state index in [1.165, 1.54) is 36.2 Å². The predicted octanol–water partition coefficient (Wildman–Crippen LogP) is 3.94. The number of sulfonamides is 1. The number of hydrogen-bond donors (Lipinski definition) is 0. The lowest BCUT2D eigenvalue weighted by Gasteiger charge is -2.20. The number of carbonyl (C=O) groups excluding carboxylic acids is 2. The van der Waals surface area contributed by atoms with E-state index < -0.39 is 16.0 Å². The number of likely N-dealkylation sites (N-methyl/N-ethyl adjacent to an activating group) is 1. The Kier molecular flexibility index (Phi) is 7.73. The summed E-state index contributed by atoms with van der Waals surface area (Å²) in [7, 11) is -0.637. The van der Waals surface area contributed by atoms with Crippen molar-refractivity contribution >= 4 is 27.6 Å². The Balaban J connectivity index is 1.58. The number of nitrogens with zero attached hydrogens (tertiary/aromatic N) is 2. The minimum atomic E-state index is -3.73. The minimum Gasteiger partial charge on any atom is -0.452 e. The van der Waals surface area contributed by atoms with Crippen molar-refractivity contribution in [1.82, 2.24) is 4.90 Å². The second-order valence-electron chi connectivity index (χ2n) is 8.14. The number of rotatable bonds is 8. The first-order chi connectivity index (χ1) is 16.1. The summed E-state index contributed by atoms with van der Waals surface area (Å²) in [5.41, 5.74) is 3.69. The van der Waals surface area contributed by atoms with Crippen LogP contribution in [-0.2, 0) is 26.1 Å². The smallest absolute Gasteiger partial charge is 0.338 e. The first-order valence-corrected chi connectivity index (χ1v) is 12.1. The molecule has 3 aromatic rings. The number of ether oxygens (including phenoxy) is 1. The number of benzene rings is 3. The summed E-state index contributed by atoms with van der Waals surface area (Å²) in [5.74, 6) is -0.984. The van der Waals surface area contributed by atoms with E-state index in [0.717, 1.165) is 21.0 Å². The van der Waals surface area contributed by atoms with Gasteiger partial charge in [-0.15, -0.1) is 0 Å². The SMILES string of the molecule is Cc1ccc(CN(C)C(=O)COC(=O)c2ccc(N(C)S(=O)(=O)c3ccc(C)cc3)cc2)cc1. The van der Waals surface area contributed by atoms with Gasteiger partial charge in [-0.1, -0.05) is 47.5 Å². The van der Waals surface area contributed by atoms with Crippen molar-refractivity contribution in [2.24, 2.45) is 0 Å². The van der Waals surface area contributed by atoms with Gasteiger partial charge in [0.25, 0.3) is 15.9 Å². The predicted molar refractivity (Wildman–Crippen MR) is 131 cm³/mol. The number of amides is 1. The number of carbonyl (C=O) groups is 2. The van der Waals surface area contributed by atoms with E-state index in [1.807, 2.05) is 38.1 Å². The third kappa shape index (κ3) is 6.02. The van der Waals surface area contributed by atoms with Gasteiger partial charge in [0.15, 0.2) is 6.61 Å². The molecule has 0 saturated heterocycles. The fourth-order valence-corrected chi connectivity index (χ4v) is 4.39. The molecule has 0 bridgehead atoms. The van der Waals surface area contributed by atoms with Crippen molar-refractivity contribution in [2.75, 3.05) is 25.0 Å². The molecule has 0 spiro atoms. The fourth-order valence-electron chi connectivity index (χ4n) is 3.19. The number of anilines is 1. The van der Waals surface area contributed by atoms with Crippen LogP contribution in [0.5, 0.6) is 0 Å². The normalized spacial score (nSPS) is 11.1. The van der Waals surface area contributed by atoms with E-state index in [0.29, 0.717) is 12.2 Å². The average Bonchev–Trinajstić information content (AvgIpc) is 2.83. The van der Waals surface area contributed by atoms with Gasteiger partial charge in [-0.2, -0.15) is 0 Å². The van der Waals surface area contributed by atoms with Gasteiger partial charge in [-0.3, -0.25) is 9.10 Å². The highest BCUT2D eigenvalue weighted by Gasteiger charge is 2.21. The van der Waals surface area contributed by atoms with Crippen LogP contribution in [0.15, 0.2) is 77.7 Å². The first kappa shape index (κ1) is 25.0. The highest BCUT2D eigenvalue weighted by atomic mass is 32.2. The standard InChI is InChI=1S/C26H28N2O5S/c1-19-5-9-21(10-6-19)17-27(3)25(29)18-33-26(30)22-11-13-23(14-12-22)28(4)34(31,32)24-15-7-20(2)8-16-24/h5-16H,17-18H2,1-4H3. The zero-order valence-corrected chi connectivity index (χ0v) is 20.5. The van der Waals surface area contributed by atoms with Crippen LogP contribution in [0.3, 0.4) is 0 Å². The van der Waals surface area contributed by atoms with Crippen LogP contribution in [-0.4, -0.2) is 45.9 Å². The molecule has 3 aromatic carbocycles. The van der Waals surface area contributed by atoms with Crippen molar-refractivity contribution in [3.8, 4) is 0 Å². The van der Waals surface area contributed by atoms with Crippen LogP contribution >= 0.6 is 0 Å². The average molecular weight is 481 g/mol. The van der Waals surface area contributed by atoms with Gasteiger partial charge in [0.1, 0.15) is 0 Å². The lowest BCUT2D eigenvalue weighted by atomic mass is 10.1. The molecule has 0 aliphatic heterocycles. The molecular weight excluding hydrogens is 452 g/mol. The molecule has 0 N–H and O–H groups in total. The second-order valence-corrected chi connectivity index (χ2v) is 10.1. The number of esters is 1. The van der Waals surface area contributed by atoms with Crippen molar-refractivity contribution in [2.45, 2.75) is 25.3 Å². The molecule has 0 saturated carbocycles. The molecule has 0 aliphatic rings. The van der Waals surface area contributed by atoms with E-state index in [1.54, 1.807) is 31.3 Å². The van der Waals surface area contributed by atoms with E-state index >= 15 is 0 Å². The molecular formula is C26H28N2O5S. The summed E-state index contributed by atoms with van der Waals surface area (Å²) < 4.78 is 32.0. The maximum absolute atomic E-state index is 12.8. The maximum atomic E-state index is 12.8. The van der Waals surface area contributed by atoms with Crippen LogP contribution in [0.2, 0.25) is 0 Å². The lowest BCUT2D eigenvalue weighted by Crippen LogP contribution is -2.30. The summed E-state index contributed by atoms with van der Waals surface area (Å²) in [5, 5.41) is 0. The van der Waals surface area contributed by atoms with Gasteiger partial charge >= 0.3 is 5.97 Å². The quantitative estimate of drug-likeness (QED) is 0.456. The van der Waals surface area contributed by atoms with Crippen molar-refractivity contribution in [3.63, 3.8) is 0 Å². The molecule has 178 valence electrons. The number of hydrogen-bond acceptors (Lipinski definition) is 5. The highest BCUT2D eigenvalue weighted by Crippen LogP contribution is 2.23. The van der Waals surface area contributed by atoms with Gasteiger partial charge in [-0.25, -0.2) is 13.2 Å². The Hall–Kier alpha value is -3.65. The number of aryl methyl sites for hydroxylation is 2. The Morgan fingerprint density at radius 1 is 0.794 bits per heavy atom. The Morgan fingerprint density at radius 2 is 1.32 bits per heavy atom. The maximum Gasteiger partial charge on any atom is 0.338 e. The molecule has 3 rings (SSSR count). The molecule has 8 heteroatoms. The van der Waals surface area contributed by atoms with Gasteiger partial charge in [0, 0.05) is 20.6 Å². The lowest BCUT2D eigenvalue weighted by molar-refractivity contribution is -0.133. The first-order valence-electron chi connectivity index (χ1n) is 10.7. The van der Waals surface area contributed by atoms with E-state index in [2.05, 4.69) is 0 Å². The molecule has 0 radical (unpaired) electrons. The summed E-state index contributed by atoms with van der Waals surface area (Å²) in [6.45, 7) is 3.90. The molecule has 34 heavy (non-hydrogen) atoms. The summed E-state index contributed by atoms with van der Waals surface area (Å²) in [4.78, 5) is 26.4. The van der Waals surface area contributed by atoms with Gasteiger partial charge in [0.05, 0.1) is 16.1 Å². The molecule has 0 fully saturated rings. The summed E-state index contributed by atoms with van der Waals surface area (Å²) >= 11 is 0. The van der Waals surface area contributed by atoms with E-state index in [4.69, 9.17) is 4.74 Å². The minimum absolute atomic E-state index is 0.178. The van der Waals surface area contributed by atoms with Gasteiger partial charge < -0.3 is 9.64 Å². The fraction of sp³-hybridized carbons (Fsp3) is 0.231. The largest absolute Gasteiger partial charge is 0.452 e. The van der Waals surface area contributed by atoms with E-state index in [9.17, 15) is 18.0 Å². The summed E-state index contributed by atoms with van der Waals surface area (Å²) in [6.07, 6.45) is 0. The molecule has 0 aliphatic carbocycles. The highest BCUT2D eigenvalue weighted by molar-refractivity contribution is 7.92. The zero-order valence-electron chi connectivity index (χ0n) is 19.7. The van der Waals surface area contributed by atoms with Gasteiger partial charge in [0.2, 0.25) is 0 Å². The van der Waals surface area contributed by atoms with Crippen LogP contribution < -0.4 is 4.31 Å². The Morgan fingerprint density at radius 3 is 1.88 bits per heavy atom. The zero-order chi connectivity index (χ0) is 24.9. The molecule has 7 nitrogen and oxygen atoms in total. The van der Waals surface area contributed by atoms with Crippen molar-refractivity contribution in [1.29, 1.82) is 0 Å². The molecule has 0 unspecified atom stereocenters. The summed E-state index contributed by atoms with van der Waals surface area (Å²) in [6, 6.07) is 20.4. The van der Waals surface area contributed by atoms with Crippen molar-refractivity contribution in [3.05, 3.63) is 95.1 Å².